The zero-order valence-corrected chi connectivity index (χ0v) is 25.3. The van der Waals surface area contributed by atoms with Crippen molar-refractivity contribution in [2.75, 3.05) is 0 Å². The quantitative estimate of drug-likeness (QED) is 0.0763. The number of Topliss-reactive ketones (excluding diaryl/α,β-unsaturated/α-hetero) is 1. The Kier molecular flexibility index (Phi) is 25.0. The van der Waals surface area contributed by atoms with E-state index in [1.54, 1.807) is 0 Å². The number of ether oxygens (including phenoxy) is 2. The predicted molar refractivity (Wildman–Crippen MR) is 156 cm³/mol. The molecular weight excluding hydrogens is 496 g/mol. The fraction of sp³-hybridized carbons (Fsp3) is 0.875. The van der Waals surface area contributed by atoms with Gasteiger partial charge in [0.2, 0.25) is 6.10 Å². The van der Waals surface area contributed by atoms with Crippen molar-refractivity contribution in [1.82, 2.24) is 0 Å². The molecule has 0 aromatic heterocycles. The standard InChI is InChI=1S/C32H58O7/c1-4-6-8-10-12-14-15-17-18-20-22-24-28(33)26-29(31(35)36)39-32(37)27(3)38-30(34)25-23-21-19-16-13-11-9-7-5-2/h27,29H,4-26H2,1-3H3,(H,35,36). The topological polar surface area (TPSA) is 107 Å². The molecule has 0 amide bonds. The first-order valence-corrected chi connectivity index (χ1v) is 16.0. The van der Waals surface area contributed by atoms with Crippen LogP contribution in [0.15, 0.2) is 0 Å². The summed E-state index contributed by atoms with van der Waals surface area (Å²) in [7, 11) is 0. The summed E-state index contributed by atoms with van der Waals surface area (Å²) in [6.07, 6.45) is 20.4. The number of carbonyl (C=O) groups excluding carboxylic acids is 3. The van der Waals surface area contributed by atoms with Gasteiger partial charge >= 0.3 is 17.9 Å². The van der Waals surface area contributed by atoms with Gasteiger partial charge in [-0.25, -0.2) is 9.59 Å². The number of carbonyl (C=O) groups is 4. The monoisotopic (exact) mass is 554 g/mol. The second kappa shape index (κ2) is 26.3. The Balaban J connectivity index is 4.01. The third-order valence-corrected chi connectivity index (χ3v) is 7.13. The zero-order valence-electron chi connectivity index (χ0n) is 25.3. The summed E-state index contributed by atoms with van der Waals surface area (Å²) in [5, 5.41) is 9.40. The van der Waals surface area contributed by atoms with E-state index in [4.69, 9.17) is 9.47 Å². The molecule has 0 fully saturated rings. The highest BCUT2D eigenvalue weighted by Gasteiger charge is 2.29. The van der Waals surface area contributed by atoms with Crippen LogP contribution in [0.2, 0.25) is 0 Å². The third-order valence-electron chi connectivity index (χ3n) is 7.13. The van der Waals surface area contributed by atoms with Gasteiger partial charge in [0, 0.05) is 12.8 Å². The van der Waals surface area contributed by atoms with Crippen LogP contribution in [0, 0.1) is 0 Å². The molecule has 0 aliphatic carbocycles. The molecule has 0 saturated heterocycles. The first-order chi connectivity index (χ1) is 18.8. The minimum Gasteiger partial charge on any atom is -0.478 e. The molecular formula is C32H58O7. The van der Waals surface area contributed by atoms with E-state index in [9.17, 15) is 24.3 Å². The van der Waals surface area contributed by atoms with Gasteiger partial charge in [-0.3, -0.25) is 9.59 Å². The maximum Gasteiger partial charge on any atom is 0.348 e. The number of esters is 2. The lowest BCUT2D eigenvalue weighted by molar-refractivity contribution is -0.176. The van der Waals surface area contributed by atoms with Gasteiger partial charge < -0.3 is 14.6 Å². The van der Waals surface area contributed by atoms with Crippen LogP contribution in [0.5, 0.6) is 0 Å². The molecule has 0 spiro atoms. The van der Waals surface area contributed by atoms with Gasteiger partial charge in [0.15, 0.2) is 6.10 Å². The Hall–Kier alpha value is -1.92. The van der Waals surface area contributed by atoms with Gasteiger partial charge in [0.25, 0.3) is 0 Å². The fourth-order valence-corrected chi connectivity index (χ4v) is 4.59. The predicted octanol–water partition coefficient (Wildman–Crippen LogP) is 8.50. The van der Waals surface area contributed by atoms with Gasteiger partial charge in [0.05, 0.1) is 6.42 Å². The average Bonchev–Trinajstić information content (AvgIpc) is 2.90. The van der Waals surface area contributed by atoms with E-state index in [0.29, 0.717) is 12.8 Å². The van der Waals surface area contributed by atoms with Gasteiger partial charge in [-0.1, -0.05) is 129 Å². The maximum absolute atomic E-state index is 12.3. The number of rotatable bonds is 28. The maximum atomic E-state index is 12.3. The third kappa shape index (κ3) is 23.7. The van der Waals surface area contributed by atoms with Gasteiger partial charge in [-0.15, -0.1) is 0 Å². The van der Waals surface area contributed by atoms with Crippen molar-refractivity contribution in [2.24, 2.45) is 0 Å². The number of hydrogen-bond acceptors (Lipinski definition) is 6. The van der Waals surface area contributed by atoms with Crippen molar-refractivity contribution in [3.8, 4) is 0 Å². The highest BCUT2D eigenvalue weighted by molar-refractivity contribution is 5.87. The SMILES string of the molecule is CCCCCCCCCCCCCC(=O)CC(OC(=O)C(C)OC(=O)CCCCCCCCCCC)C(=O)O. The Bertz CT molecular complexity index is 646. The minimum absolute atomic E-state index is 0.216. The molecule has 39 heavy (non-hydrogen) atoms. The molecule has 2 atom stereocenters. The van der Waals surface area contributed by atoms with Crippen LogP contribution >= 0.6 is 0 Å². The summed E-state index contributed by atoms with van der Waals surface area (Å²) < 4.78 is 10.1. The molecule has 0 rings (SSSR count). The highest BCUT2D eigenvalue weighted by Crippen LogP contribution is 2.14. The number of ketones is 1. The average molecular weight is 555 g/mol. The molecule has 0 aliphatic rings. The molecule has 1 N–H and O–H groups in total. The second-order valence-corrected chi connectivity index (χ2v) is 11.0. The Morgan fingerprint density at radius 1 is 0.564 bits per heavy atom. The van der Waals surface area contributed by atoms with E-state index in [1.165, 1.54) is 84.0 Å². The van der Waals surface area contributed by atoms with Gasteiger partial charge in [0.1, 0.15) is 5.78 Å². The van der Waals surface area contributed by atoms with Crippen molar-refractivity contribution >= 4 is 23.7 Å². The highest BCUT2D eigenvalue weighted by atomic mass is 16.6. The number of hydrogen-bond donors (Lipinski definition) is 1. The Morgan fingerprint density at radius 3 is 1.36 bits per heavy atom. The van der Waals surface area contributed by atoms with E-state index in [0.717, 1.165) is 38.5 Å². The summed E-state index contributed by atoms with van der Waals surface area (Å²) in [6, 6.07) is 0. The van der Waals surface area contributed by atoms with Crippen molar-refractivity contribution in [3.05, 3.63) is 0 Å². The normalized spacial score (nSPS) is 12.6. The van der Waals surface area contributed by atoms with Crippen LogP contribution < -0.4 is 0 Å². The zero-order chi connectivity index (χ0) is 29.1. The van der Waals surface area contributed by atoms with Gasteiger partial charge in [-0.05, 0) is 19.8 Å². The first kappa shape index (κ1) is 37.1. The minimum atomic E-state index is -1.56. The Labute approximate surface area is 238 Å². The molecule has 0 radical (unpaired) electrons. The second-order valence-electron chi connectivity index (χ2n) is 11.0. The van der Waals surface area contributed by atoms with E-state index >= 15 is 0 Å². The van der Waals surface area contributed by atoms with Crippen LogP contribution in [-0.4, -0.2) is 41.0 Å². The molecule has 0 heterocycles. The molecule has 0 aromatic carbocycles. The van der Waals surface area contributed by atoms with Crippen LogP contribution in [-0.2, 0) is 28.7 Å². The number of unbranched alkanes of at least 4 members (excludes halogenated alkanes) is 18. The van der Waals surface area contributed by atoms with E-state index in [2.05, 4.69) is 13.8 Å². The summed E-state index contributed by atoms with van der Waals surface area (Å²) in [4.78, 5) is 48.1. The molecule has 0 saturated carbocycles. The number of carboxylic acids is 1. The molecule has 7 heteroatoms. The molecule has 228 valence electrons. The van der Waals surface area contributed by atoms with Crippen LogP contribution in [0.4, 0.5) is 0 Å². The molecule has 2 unspecified atom stereocenters. The molecule has 0 bridgehead atoms. The summed E-state index contributed by atoms with van der Waals surface area (Å²) in [5.41, 5.74) is 0. The van der Waals surface area contributed by atoms with Crippen molar-refractivity contribution in [1.29, 1.82) is 0 Å². The first-order valence-electron chi connectivity index (χ1n) is 16.0. The van der Waals surface area contributed by atoms with Gasteiger partial charge in [-0.2, -0.15) is 0 Å². The van der Waals surface area contributed by atoms with Crippen LogP contribution in [0.25, 0.3) is 0 Å². The van der Waals surface area contributed by atoms with E-state index in [-0.39, 0.29) is 25.0 Å². The Morgan fingerprint density at radius 2 is 0.949 bits per heavy atom. The van der Waals surface area contributed by atoms with Crippen LogP contribution in [0.1, 0.15) is 168 Å². The lowest BCUT2D eigenvalue weighted by Crippen LogP contribution is -2.35. The van der Waals surface area contributed by atoms with Crippen molar-refractivity contribution in [3.63, 3.8) is 0 Å². The number of aliphatic carboxylic acids is 1. The molecule has 0 aromatic rings. The molecule has 7 nitrogen and oxygen atoms in total. The van der Waals surface area contributed by atoms with Crippen LogP contribution in [0.3, 0.4) is 0 Å². The van der Waals surface area contributed by atoms with Crippen molar-refractivity contribution in [2.45, 2.75) is 181 Å². The summed E-state index contributed by atoms with van der Waals surface area (Å²) in [6.45, 7) is 5.79. The van der Waals surface area contributed by atoms with Crippen molar-refractivity contribution < 1.29 is 33.8 Å². The summed E-state index contributed by atoms with van der Waals surface area (Å²) in [5.74, 6) is -3.04. The molecule has 0 aliphatic heterocycles. The fourth-order valence-electron chi connectivity index (χ4n) is 4.59. The lowest BCUT2D eigenvalue weighted by atomic mass is 10.0. The van der Waals surface area contributed by atoms with E-state index < -0.39 is 30.1 Å². The largest absolute Gasteiger partial charge is 0.478 e. The lowest BCUT2D eigenvalue weighted by Gasteiger charge is -2.17. The smallest absolute Gasteiger partial charge is 0.348 e. The number of carboxylic acid groups (broad SMARTS) is 1. The van der Waals surface area contributed by atoms with E-state index in [1.807, 2.05) is 0 Å². The summed E-state index contributed by atoms with van der Waals surface area (Å²) >= 11 is 0.